The molecule has 2 aromatic carbocycles. The summed E-state index contributed by atoms with van der Waals surface area (Å²) in [6.07, 6.45) is -4.72. The summed E-state index contributed by atoms with van der Waals surface area (Å²) < 4.78 is 45.4. The first kappa shape index (κ1) is 19.0. The molecule has 7 heteroatoms. The van der Waals surface area contributed by atoms with Gasteiger partial charge in [0, 0.05) is 6.07 Å². The maximum Gasteiger partial charge on any atom is 0.573 e. The molecule has 0 atom stereocenters. The molecule has 0 fully saturated rings. The number of ether oxygens (including phenoxy) is 2. The van der Waals surface area contributed by atoms with E-state index >= 15 is 0 Å². The lowest BCUT2D eigenvalue weighted by Crippen LogP contribution is -2.16. The van der Waals surface area contributed by atoms with Crippen LogP contribution < -0.4 is 15.2 Å². The highest BCUT2D eigenvalue weighted by atomic mass is 35.5. The smallest absolute Gasteiger partial charge is 0.457 e. The molecule has 0 aliphatic heterocycles. The van der Waals surface area contributed by atoms with Crippen molar-refractivity contribution in [1.29, 1.82) is 0 Å². The summed E-state index contributed by atoms with van der Waals surface area (Å²) in [7, 11) is 0. The van der Waals surface area contributed by atoms with E-state index in [0.717, 1.165) is 17.7 Å². The summed E-state index contributed by atoms with van der Waals surface area (Å²) in [6, 6.07) is 8.26. The van der Waals surface area contributed by atoms with E-state index in [1.807, 2.05) is 13.8 Å². The number of hydrogen-bond donors (Lipinski definition) is 1. The minimum absolute atomic E-state index is 0.318. The molecular formula is C16H17ClF3NO2. The Balaban J connectivity index is 0.00000127. The molecule has 0 heterocycles. The van der Waals surface area contributed by atoms with Crippen LogP contribution in [0.1, 0.15) is 19.4 Å². The second kappa shape index (κ2) is 7.97. The third kappa shape index (κ3) is 5.90. The van der Waals surface area contributed by atoms with Crippen molar-refractivity contribution >= 4 is 17.3 Å². The lowest BCUT2D eigenvalue weighted by Gasteiger charge is -2.11. The van der Waals surface area contributed by atoms with Gasteiger partial charge in [-0.1, -0.05) is 25.4 Å². The minimum Gasteiger partial charge on any atom is -0.457 e. The van der Waals surface area contributed by atoms with E-state index in [0.29, 0.717) is 22.2 Å². The van der Waals surface area contributed by atoms with Gasteiger partial charge in [-0.25, -0.2) is 0 Å². The number of hydrogen-bond acceptors (Lipinski definition) is 3. The topological polar surface area (TPSA) is 44.5 Å². The Morgan fingerprint density at radius 1 is 0.957 bits per heavy atom. The average molecular weight is 348 g/mol. The predicted molar refractivity (Wildman–Crippen MR) is 85.1 cm³/mol. The molecule has 0 aliphatic rings. The van der Waals surface area contributed by atoms with Crippen molar-refractivity contribution in [2.45, 2.75) is 27.1 Å². The Kier molecular flexibility index (Phi) is 6.57. The van der Waals surface area contributed by atoms with Gasteiger partial charge < -0.3 is 15.2 Å². The molecule has 0 amide bonds. The highest BCUT2D eigenvalue weighted by Crippen LogP contribution is 2.32. The van der Waals surface area contributed by atoms with Crippen molar-refractivity contribution in [2.75, 3.05) is 5.73 Å². The van der Waals surface area contributed by atoms with Gasteiger partial charge in [-0.05, 0) is 42.8 Å². The second-order valence-electron chi connectivity index (χ2n) is 4.26. The monoisotopic (exact) mass is 347 g/mol. The SMILES string of the molecule is CC.Cc1cc(Oc2ccc(OC(F)(F)F)cc2)cc(Cl)c1N. The molecule has 0 unspecified atom stereocenters. The van der Waals surface area contributed by atoms with Crippen LogP contribution in [0, 0.1) is 6.92 Å². The molecule has 0 aromatic heterocycles. The summed E-state index contributed by atoms with van der Waals surface area (Å²) in [5, 5.41) is 0.349. The van der Waals surface area contributed by atoms with Crippen molar-refractivity contribution in [1.82, 2.24) is 0 Å². The van der Waals surface area contributed by atoms with Crippen molar-refractivity contribution in [3.63, 3.8) is 0 Å². The minimum atomic E-state index is -4.72. The number of anilines is 1. The highest BCUT2D eigenvalue weighted by molar-refractivity contribution is 6.33. The zero-order valence-electron chi connectivity index (χ0n) is 12.9. The molecule has 0 aliphatic carbocycles. The molecule has 0 saturated heterocycles. The van der Waals surface area contributed by atoms with Crippen molar-refractivity contribution < 1.29 is 22.6 Å². The molecular weight excluding hydrogens is 331 g/mol. The van der Waals surface area contributed by atoms with E-state index in [4.69, 9.17) is 22.1 Å². The van der Waals surface area contributed by atoms with E-state index in [1.54, 1.807) is 13.0 Å². The molecule has 2 N–H and O–H groups in total. The number of halogens is 4. The van der Waals surface area contributed by atoms with Gasteiger partial charge in [-0.3, -0.25) is 0 Å². The van der Waals surface area contributed by atoms with E-state index < -0.39 is 6.36 Å². The molecule has 0 radical (unpaired) electrons. The first-order valence-corrected chi connectivity index (χ1v) is 7.22. The van der Waals surface area contributed by atoms with Crippen LogP contribution in [0.15, 0.2) is 36.4 Å². The number of alkyl halides is 3. The zero-order valence-corrected chi connectivity index (χ0v) is 13.6. The Bertz CT molecular complexity index is 620. The quantitative estimate of drug-likeness (QED) is 0.698. The average Bonchev–Trinajstić information content (AvgIpc) is 2.47. The fourth-order valence-corrected chi connectivity index (χ4v) is 1.88. The molecule has 3 nitrogen and oxygen atoms in total. The van der Waals surface area contributed by atoms with Crippen LogP contribution in [0.2, 0.25) is 5.02 Å². The van der Waals surface area contributed by atoms with E-state index in [9.17, 15) is 13.2 Å². The third-order valence-electron chi connectivity index (χ3n) is 2.60. The highest BCUT2D eigenvalue weighted by Gasteiger charge is 2.30. The lowest BCUT2D eigenvalue weighted by molar-refractivity contribution is -0.274. The van der Waals surface area contributed by atoms with Gasteiger partial charge >= 0.3 is 6.36 Å². The molecule has 23 heavy (non-hydrogen) atoms. The van der Waals surface area contributed by atoms with Crippen molar-refractivity contribution in [2.24, 2.45) is 0 Å². The number of nitrogen functional groups attached to an aromatic ring is 1. The van der Waals surface area contributed by atoms with Crippen LogP contribution in [0.3, 0.4) is 0 Å². The van der Waals surface area contributed by atoms with E-state index in [2.05, 4.69) is 4.74 Å². The number of nitrogens with two attached hydrogens (primary N) is 1. The van der Waals surface area contributed by atoms with E-state index in [-0.39, 0.29) is 5.75 Å². The molecule has 2 aromatic rings. The summed E-state index contributed by atoms with van der Waals surface area (Å²) in [5.41, 5.74) is 6.91. The van der Waals surface area contributed by atoms with Gasteiger partial charge in [-0.15, -0.1) is 13.2 Å². The van der Waals surface area contributed by atoms with Crippen molar-refractivity contribution in [3.05, 3.63) is 47.0 Å². The standard InChI is InChI=1S/C14H11ClF3NO2.C2H6/c1-8-6-11(7-12(15)13(8)19)20-9-2-4-10(5-3-9)21-14(16,17)18;1-2/h2-7H,19H2,1H3;1-2H3. The van der Waals surface area contributed by atoms with Crippen LogP contribution in [-0.2, 0) is 0 Å². The van der Waals surface area contributed by atoms with Crippen LogP contribution >= 0.6 is 11.6 Å². The summed E-state index contributed by atoms with van der Waals surface area (Å²) in [4.78, 5) is 0. The number of benzene rings is 2. The molecule has 126 valence electrons. The van der Waals surface area contributed by atoms with Crippen LogP contribution in [-0.4, -0.2) is 6.36 Å². The number of rotatable bonds is 3. The van der Waals surface area contributed by atoms with Crippen LogP contribution in [0.5, 0.6) is 17.2 Å². The summed E-state index contributed by atoms with van der Waals surface area (Å²) >= 11 is 5.93. The molecule has 2 rings (SSSR count). The first-order chi connectivity index (χ1) is 10.7. The normalized spacial score (nSPS) is 10.6. The van der Waals surface area contributed by atoms with E-state index in [1.165, 1.54) is 18.2 Å². The fraction of sp³-hybridized carbons (Fsp3) is 0.250. The Morgan fingerprint density at radius 3 is 1.96 bits per heavy atom. The lowest BCUT2D eigenvalue weighted by atomic mass is 10.2. The Morgan fingerprint density at radius 2 is 1.48 bits per heavy atom. The largest absolute Gasteiger partial charge is 0.573 e. The van der Waals surface area contributed by atoms with Gasteiger partial charge in [0.15, 0.2) is 0 Å². The third-order valence-corrected chi connectivity index (χ3v) is 2.92. The Hall–Kier alpha value is -2.08. The maximum absolute atomic E-state index is 12.0. The van der Waals surface area contributed by atoms with Crippen LogP contribution in [0.4, 0.5) is 18.9 Å². The molecule has 0 saturated carbocycles. The first-order valence-electron chi connectivity index (χ1n) is 6.84. The predicted octanol–water partition coefficient (Wildman–Crippen LogP) is 5.95. The summed E-state index contributed by atoms with van der Waals surface area (Å²) in [5.74, 6) is 0.474. The second-order valence-corrected chi connectivity index (χ2v) is 4.66. The van der Waals surface area contributed by atoms with Crippen molar-refractivity contribution in [3.8, 4) is 17.2 Å². The van der Waals surface area contributed by atoms with Gasteiger partial charge in [0.2, 0.25) is 0 Å². The molecule has 0 bridgehead atoms. The molecule has 0 spiro atoms. The number of aryl methyl sites for hydroxylation is 1. The Labute approximate surface area is 137 Å². The summed E-state index contributed by atoms with van der Waals surface area (Å²) in [6.45, 7) is 5.77. The maximum atomic E-state index is 12.0. The van der Waals surface area contributed by atoms with Gasteiger partial charge in [0.1, 0.15) is 17.2 Å². The van der Waals surface area contributed by atoms with Gasteiger partial charge in [0.05, 0.1) is 10.7 Å². The van der Waals surface area contributed by atoms with Gasteiger partial charge in [0.25, 0.3) is 0 Å². The van der Waals surface area contributed by atoms with Crippen LogP contribution in [0.25, 0.3) is 0 Å². The van der Waals surface area contributed by atoms with Gasteiger partial charge in [-0.2, -0.15) is 0 Å². The zero-order chi connectivity index (χ0) is 17.6. The fourth-order valence-electron chi connectivity index (χ4n) is 1.63.